The van der Waals surface area contributed by atoms with E-state index in [0.717, 1.165) is 6.07 Å². The molecular weight excluding hydrogens is 271 g/mol. The minimum Gasteiger partial charge on any atom is -0.383 e. The number of nitrogen functional groups attached to an aromatic ring is 1. The summed E-state index contributed by atoms with van der Waals surface area (Å²) in [6, 6.07) is 2.40. The molecule has 3 N–H and O–H groups in total. The highest BCUT2D eigenvalue weighted by Crippen LogP contribution is 2.49. The lowest BCUT2D eigenvalue weighted by Gasteiger charge is -2.20. The van der Waals surface area contributed by atoms with Crippen LogP contribution < -0.4 is 10.5 Å². The Kier molecular flexibility index (Phi) is 2.78. The minimum atomic E-state index is -4.61. The summed E-state index contributed by atoms with van der Waals surface area (Å²) < 4.78 is 63.3. The van der Waals surface area contributed by atoms with Crippen LogP contribution in [-0.2, 0) is 10.0 Å². The number of nitrogens with zero attached hydrogens (tertiary/aromatic N) is 1. The van der Waals surface area contributed by atoms with Crippen LogP contribution in [0.1, 0.15) is 12.8 Å². The van der Waals surface area contributed by atoms with E-state index in [9.17, 15) is 21.6 Å². The number of aromatic nitrogens is 1. The summed E-state index contributed by atoms with van der Waals surface area (Å²) in [5, 5.41) is 0. The normalized spacial score (nSPS) is 18.6. The lowest BCUT2D eigenvalue weighted by molar-refractivity contribution is -0.160. The molecule has 0 saturated heterocycles. The van der Waals surface area contributed by atoms with E-state index in [-0.39, 0.29) is 18.7 Å². The maximum absolute atomic E-state index is 12.7. The van der Waals surface area contributed by atoms with E-state index in [4.69, 9.17) is 5.73 Å². The number of sulfonamides is 1. The van der Waals surface area contributed by atoms with Gasteiger partial charge in [0.1, 0.15) is 16.3 Å². The number of hydrogen-bond acceptors (Lipinski definition) is 4. The van der Waals surface area contributed by atoms with Crippen LogP contribution in [0.4, 0.5) is 19.0 Å². The highest BCUT2D eigenvalue weighted by atomic mass is 32.2. The quantitative estimate of drug-likeness (QED) is 0.866. The zero-order chi connectivity index (χ0) is 13.6. The first kappa shape index (κ1) is 13.1. The Morgan fingerprint density at radius 3 is 2.44 bits per heavy atom. The fourth-order valence-electron chi connectivity index (χ4n) is 1.51. The van der Waals surface area contributed by atoms with Gasteiger partial charge in [-0.05, 0) is 25.0 Å². The van der Waals surface area contributed by atoms with E-state index in [2.05, 4.69) is 4.98 Å². The van der Waals surface area contributed by atoms with Gasteiger partial charge in [0.2, 0.25) is 10.0 Å². The summed E-state index contributed by atoms with van der Waals surface area (Å²) in [4.78, 5) is 3.09. The van der Waals surface area contributed by atoms with Crippen LogP contribution in [0.5, 0.6) is 0 Å². The molecule has 2 rings (SSSR count). The monoisotopic (exact) mass is 281 g/mol. The zero-order valence-electron chi connectivity index (χ0n) is 9.03. The van der Waals surface area contributed by atoms with Gasteiger partial charge in [0.25, 0.3) is 0 Å². The molecule has 18 heavy (non-hydrogen) atoms. The molecule has 1 aromatic rings. The molecular formula is C9H10F3N3O2S. The number of nitrogens with one attached hydrogen (secondary N) is 1. The van der Waals surface area contributed by atoms with Crippen LogP contribution in [0.25, 0.3) is 0 Å². The van der Waals surface area contributed by atoms with Crippen molar-refractivity contribution in [3.8, 4) is 0 Å². The van der Waals surface area contributed by atoms with Crippen LogP contribution in [-0.4, -0.2) is 25.1 Å². The van der Waals surface area contributed by atoms with Crippen LogP contribution in [0, 0.1) is 0 Å². The Morgan fingerprint density at radius 1 is 1.39 bits per heavy atom. The van der Waals surface area contributed by atoms with Crippen LogP contribution >= 0.6 is 0 Å². The predicted molar refractivity (Wildman–Crippen MR) is 57.0 cm³/mol. The van der Waals surface area contributed by atoms with Crippen molar-refractivity contribution in [2.24, 2.45) is 0 Å². The Bertz CT molecular complexity index is 567. The SMILES string of the molecule is Nc1ncccc1S(=O)(=O)NC1(C(F)(F)F)CC1. The summed E-state index contributed by atoms with van der Waals surface area (Å²) in [5.74, 6) is -0.331. The van der Waals surface area contributed by atoms with E-state index >= 15 is 0 Å². The second-order valence-corrected chi connectivity index (χ2v) is 5.72. The molecule has 0 aromatic carbocycles. The first-order valence-electron chi connectivity index (χ1n) is 4.99. The maximum atomic E-state index is 12.7. The average Bonchev–Trinajstić information content (AvgIpc) is 2.97. The van der Waals surface area contributed by atoms with E-state index in [1.54, 1.807) is 4.72 Å². The molecule has 0 atom stereocenters. The number of anilines is 1. The molecule has 0 unspecified atom stereocenters. The van der Waals surface area contributed by atoms with Gasteiger partial charge >= 0.3 is 6.18 Å². The Hall–Kier alpha value is -1.35. The number of hydrogen-bond donors (Lipinski definition) is 2. The summed E-state index contributed by atoms with van der Waals surface area (Å²) in [6.07, 6.45) is -3.90. The summed E-state index contributed by atoms with van der Waals surface area (Å²) in [7, 11) is -4.33. The van der Waals surface area contributed by atoms with Gasteiger partial charge in [-0.2, -0.15) is 17.9 Å². The predicted octanol–water partition coefficient (Wildman–Crippen LogP) is 1.04. The van der Waals surface area contributed by atoms with E-state index < -0.39 is 26.6 Å². The third-order valence-electron chi connectivity index (χ3n) is 2.71. The summed E-state index contributed by atoms with van der Waals surface area (Å²) in [5.41, 5.74) is 2.99. The molecule has 9 heteroatoms. The number of alkyl halides is 3. The minimum absolute atomic E-state index is 0.268. The highest BCUT2D eigenvalue weighted by Gasteiger charge is 2.65. The zero-order valence-corrected chi connectivity index (χ0v) is 9.85. The molecule has 100 valence electrons. The molecule has 0 radical (unpaired) electrons. The van der Waals surface area contributed by atoms with Crippen molar-refractivity contribution in [2.45, 2.75) is 29.5 Å². The van der Waals surface area contributed by atoms with Gasteiger partial charge in [0, 0.05) is 6.20 Å². The molecule has 1 aromatic heterocycles. The van der Waals surface area contributed by atoms with Crippen molar-refractivity contribution >= 4 is 15.8 Å². The van der Waals surface area contributed by atoms with E-state index in [1.165, 1.54) is 12.3 Å². The van der Waals surface area contributed by atoms with Gasteiger partial charge in [0.15, 0.2) is 0 Å². The lowest BCUT2D eigenvalue weighted by Crippen LogP contribution is -2.47. The van der Waals surface area contributed by atoms with Gasteiger partial charge in [0.05, 0.1) is 0 Å². The van der Waals surface area contributed by atoms with Gasteiger partial charge in [-0.25, -0.2) is 13.4 Å². The van der Waals surface area contributed by atoms with Crippen molar-refractivity contribution in [1.82, 2.24) is 9.71 Å². The van der Waals surface area contributed by atoms with Crippen molar-refractivity contribution in [3.63, 3.8) is 0 Å². The summed E-state index contributed by atoms with van der Waals surface area (Å²) in [6.45, 7) is 0. The second-order valence-electron chi connectivity index (χ2n) is 4.07. The number of halogens is 3. The molecule has 1 heterocycles. The number of rotatable bonds is 3. The molecule has 1 aliphatic rings. The second kappa shape index (κ2) is 3.82. The van der Waals surface area contributed by atoms with E-state index in [0.29, 0.717) is 0 Å². The largest absolute Gasteiger partial charge is 0.407 e. The van der Waals surface area contributed by atoms with E-state index in [1.807, 2.05) is 0 Å². The van der Waals surface area contributed by atoms with Crippen molar-refractivity contribution in [2.75, 3.05) is 5.73 Å². The highest BCUT2D eigenvalue weighted by molar-refractivity contribution is 7.89. The third-order valence-corrected chi connectivity index (χ3v) is 4.30. The smallest absolute Gasteiger partial charge is 0.383 e. The fourth-order valence-corrected chi connectivity index (χ4v) is 3.04. The Labute approximate surface area is 101 Å². The molecule has 1 saturated carbocycles. The molecule has 5 nitrogen and oxygen atoms in total. The fraction of sp³-hybridized carbons (Fsp3) is 0.444. The molecule has 1 fully saturated rings. The molecule has 0 bridgehead atoms. The molecule has 0 aliphatic heterocycles. The van der Waals surface area contributed by atoms with Crippen LogP contribution in [0.3, 0.4) is 0 Å². The third kappa shape index (κ3) is 2.15. The first-order valence-corrected chi connectivity index (χ1v) is 6.47. The Morgan fingerprint density at radius 2 is 2.00 bits per heavy atom. The first-order chi connectivity index (χ1) is 8.18. The van der Waals surface area contributed by atoms with Crippen LogP contribution in [0.2, 0.25) is 0 Å². The van der Waals surface area contributed by atoms with Crippen molar-refractivity contribution in [3.05, 3.63) is 18.3 Å². The molecule has 0 spiro atoms. The maximum Gasteiger partial charge on any atom is 0.407 e. The standard InChI is InChI=1S/C9H10F3N3O2S/c10-9(11,12)8(3-4-8)15-18(16,17)6-2-1-5-14-7(6)13/h1-2,5,15H,3-4H2,(H2,13,14). The van der Waals surface area contributed by atoms with Crippen LogP contribution in [0.15, 0.2) is 23.2 Å². The Balaban J connectivity index is 2.33. The number of nitrogens with two attached hydrogens (primary N) is 1. The van der Waals surface area contributed by atoms with Gasteiger partial charge in [-0.1, -0.05) is 0 Å². The lowest BCUT2D eigenvalue weighted by atomic mass is 10.3. The topological polar surface area (TPSA) is 85.1 Å². The average molecular weight is 281 g/mol. The summed E-state index contributed by atoms with van der Waals surface area (Å²) >= 11 is 0. The van der Waals surface area contributed by atoms with Gasteiger partial charge in [-0.3, -0.25) is 0 Å². The molecule has 1 aliphatic carbocycles. The van der Waals surface area contributed by atoms with Crippen molar-refractivity contribution in [1.29, 1.82) is 0 Å². The molecule has 0 amide bonds. The van der Waals surface area contributed by atoms with Crippen molar-refractivity contribution < 1.29 is 21.6 Å². The van der Waals surface area contributed by atoms with Gasteiger partial charge in [-0.15, -0.1) is 0 Å². The number of pyridine rings is 1. The van der Waals surface area contributed by atoms with Gasteiger partial charge < -0.3 is 5.73 Å².